The summed E-state index contributed by atoms with van der Waals surface area (Å²) in [5.41, 5.74) is 1.36. The predicted octanol–water partition coefficient (Wildman–Crippen LogP) is 4.55. The zero-order valence-corrected chi connectivity index (χ0v) is 11.9. The topological polar surface area (TPSA) is 16.1 Å². The van der Waals surface area contributed by atoms with Gasteiger partial charge in [0.25, 0.3) is 0 Å². The number of anilines is 1. The third-order valence-electron chi connectivity index (χ3n) is 4.88. The minimum absolute atomic E-state index is 0.765. The maximum Gasteiger partial charge on any atom is 0.0557 e. The number of nitrogens with zero attached hydrogens (tertiary/aromatic N) is 2. The van der Waals surface area contributed by atoms with Gasteiger partial charge in [-0.3, -0.25) is 4.98 Å². The first-order valence-corrected chi connectivity index (χ1v) is 8.13. The fourth-order valence-electron chi connectivity index (χ4n) is 3.94. The van der Waals surface area contributed by atoms with Gasteiger partial charge in [0.05, 0.1) is 11.9 Å². The zero-order valence-electron chi connectivity index (χ0n) is 11.9. The van der Waals surface area contributed by atoms with Gasteiger partial charge in [-0.25, -0.2) is 0 Å². The molecule has 0 aromatic carbocycles. The second-order valence-electron chi connectivity index (χ2n) is 6.20. The Hall–Kier alpha value is -1.05. The first kappa shape index (κ1) is 13.0. The van der Waals surface area contributed by atoms with E-state index >= 15 is 0 Å². The molecule has 0 aliphatic heterocycles. The molecule has 2 nitrogen and oxygen atoms in total. The standard InChI is InChI=1S/C17H26N2/c1-3-8-15(9-4-1)19(16-10-5-2-6-11-16)17-12-7-13-18-14-17/h7,12-16H,1-6,8-11H2. The summed E-state index contributed by atoms with van der Waals surface area (Å²) in [5, 5.41) is 0. The minimum Gasteiger partial charge on any atom is -0.364 e. The van der Waals surface area contributed by atoms with Crippen LogP contribution in [0.2, 0.25) is 0 Å². The van der Waals surface area contributed by atoms with E-state index in [1.165, 1.54) is 69.9 Å². The van der Waals surface area contributed by atoms with Gasteiger partial charge >= 0.3 is 0 Å². The van der Waals surface area contributed by atoms with E-state index in [-0.39, 0.29) is 0 Å². The summed E-state index contributed by atoms with van der Waals surface area (Å²) >= 11 is 0. The van der Waals surface area contributed by atoms with Gasteiger partial charge in [-0.2, -0.15) is 0 Å². The molecule has 0 atom stereocenters. The maximum absolute atomic E-state index is 4.35. The largest absolute Gasteiger partial charge is 0.364 e. The van der Waals surface area contributed by atoms with Crippen LogP contribution in [-0.4, -0.2) is 17.1 Å². The third kappa shape index (κ3) is 3.10. The molecule has 0 bridgehead atoms. The van der Waals surface area contributed by atoms with Crippen molar-refractivity contribution in [2.24, 2.45) is 0 Å². The van der Waals surface area contributed by atoms with E-state index in [2.05, 4.69) is 28.2 Å². The van der Waals surface area contributed by atoms with Crippen molar-refractivity contribution in [1.82, 2.24) is 4.98 Å². The molecule has 0 saturated heterocycles. The lowest BCUT2D eigenvalue weighted by molar-refractivity contribution is 0.339. The number of rotatable bonds is 3. The monoisotopic (exact) mass is 258 g/mol. The Morgan fingerprint density at radius 1 is 0.842 bits per heavy atom. The maximum atomic E-state index is 4.35. The fourth-order valence-corrected chi connectivity index (χ4v) is 3.94. The second kappa shape index (κ2) is 6.40. The predicted molar refractivity (Wildman–Crippen MR) is 80.5 cm³/mol. The van der Waals surface area contributed by atoms with Crippen LogP contribution in [0.3, 0.4) is 0 Å². The van der Waals surface area contributed by atoms with E-state index in [1.54, 1.807) is 0 Å². The van der Waals surface area contributed by atoms with Crippen molar-refractivity contribution in [2.75, 3.05) is 4.90 Å². The first-order chi connectivity index (χ1) is 9.45. The summed E-state index contributed by atoms with van der Waals surface area (Å²) < 4.78 is 0. The highest BCUT2D eigenvalue weighted by Crippen LogP contribution is 2.33. The first-order valence-electron chi connectivity index (χ1n) is 8.13. The van der Waals surface area contributed by atoms with Gasteiger partial charge in [0.2, 0.25) is 0 Å². The molecule has 104 valence electrons. The molecule has 2 aliphatic rings. The van der Waals surface area contributed by atoms with Crippen molar-refractivity contribution in [3.63, 3.8) is 0 Å². The van der Waals surface area contributed by atoms with E-state index in [1.807, 2.05) is 6.20 Å². The van der Waals surface area contributed by atoms with Gasteiger partial charge in [-0.1, -0.05) is 38.5 Å². The van der Waals surface area contributed by atoms with E-state index in [0.29, 0.717) is 0 Å². The van der Waals surface area contributed by atoms with E-state index in [0.717, 1.165) is 12.1 Å². The molecule has 19 heavy (non-hydrogen) atoms. The van der Waals surface area contributed by atoms with Crippen LogP contribution in [0.25, 0.3) is 0 Å². The lowest BCUT2D eigenvalue weighted by Gasteiger charge is -2.43. The Balaban J connectivity index is 1.81. The fraction of sp³-hybridized carbons (Fsp3) is 0.706. The molecular formula is C17H26N2. The van der Waals surface area contributed by atoms with Crippen molar-refractivity contribution >= 4 is 5.69 Å². The Morgan fingerprint density at radius 2 is 1.42 bits per heavy atom. The molecule has 1 aromatic heterocycles. The van der Waals surface area contributed by atoms with Crippen molar-refractivity contribution < 1.29 is 0 Å². The van der Waals surface area contributed by atoms with E-state index in [9.17, 15) is 0 Å². The van der Waals surface area contributed by atoms with Gasteiger partial charge in [0.15, 0.2) is 0 Å². The normalized spacial score (nSPS) is 22.3. The zero-order chi connectivity index (χ0) is 12.9. The Morgan fingerprint density at radius 3 is 1.89 bits per heavy atom. The molecule has 3 rings (SSSR count). The molecule has 0 amide bonds. The minimum atomic E-state index is 0.765. The highest BCUT2D eigenvalue weighted by Gasteiger charge is 2.28. The smallest absolute Gasteiger partial charge is 0.0557 e. The molecule has 2 heteroatoms. The number of hydrogen-bond donors (Lipinski definition) is 0. The summed E-state index contributed by atoms with van der Waals surface area (Å²) in [7, 11) is 0. The van der Waals surface area contributed by atoms with Crippen molar-refractivity contribution in [1.29, 1.82) is 0 Å². The molecule has 2 saturated carbocycles. The van der Waals surface area contributed by atoms with Crippen LogP contribution in [0.1, 0.15) is 64.2 Å². The van der Waals surface area contributed by atoms with Gasteiger partial charge in [0.1, 0.15) is 0 Å². The van der Waals surface area contributed by atoms with Crippen LogP contribution in [0, 0.1) is 0 Å². The molecule has 0 radical (unpaired) electrons. The number of pyridine rings is 1. The van der Waals surface area contributed by atoms with Crippen LogP contribution in [0.5, 0.6) is 0 Å². The van der Waals surface area contributed by atoms with Gasteiger partial charge in [0, 0.05) is 18.3 Å². The average molecular weight is 258 g/mol. The molecule has 0 N–H and O–H groups in total. The Labute approximate surface area is 117 Å². The third-order valence-corrected chi connectivity index (χ3v) is 4.88. The summed E-state index contributed by atoms with van der Waals surface area (Å²) in [4.78, 5) is 7.09. The van der Waals surface area contributed by atoms with Crippen LogP contribution >= 0.6 is 0 Å². The SMILES string of the molecule is c1cncc(N(C2CCCCC2)C2CCCCC2)c1. The van der Waals surface area contributed by atoms with Crippen LogP contribution in [0.15, 0.2) is 24.5 Å². The van der Waals surface area contributed by atoms with E-state index < -0.39 is 0 Å². The van der Waals surface area contributed by atoms with Crippen LogP contribution in [-0.2, 0) is 0 Å². The molecule has 0 unspecified atom stereocenters. The Bertz CT molecular complexity index is 346. The van der Waals surface area contributed by atoms with Crippen LogP contribution in [0.4, 0.5) is 5.69 Å². The highest BCUT2D eigenvalue weighted by molar-refractivity contribution is 5.46. The molecule has 1 heterocycles. The van der Waals surface area contributed by atoms with Crippen molar-refractivity contribution in [3.05, 3.63) is 24.5 Å². The van der Waals surface area contributed by atoms with Crippen molar-refractivity contribution in [3.8, 4) is 0 Å². The molecule has 0 spiro atoms. The summed E-state index contributed by atoms with van der Waals surface area (Å²) in [6, 6.07) is 5.88. The lowest BCUT2D eigenvalue weighted by Crippen LogP contribution is -2.45. The quantitative estimate of drug-likeness (QED) is 0.790. The number of hydrogen-bond acceptors (Lipinski definition) is 2. The van der Waals surface area contributed by atoms with E-state index in [4.69, 9.17) is 0 Å². The second-order valence-corrected chi connectivity index (χ2v) is 6.20. The summed E-state index contributed by atoms with van der Waals surface area (Å²) in [6.07, 6.45) is 18.0. The average Bonchev–Trinajstić information content (AvgIpc) is 2.51. The number of aromatic nitrogens is 1. The molecule has 2 fully saturated rings. The Kier molecular flexibility index (Phi) is 4.37. The molecule has 2 aliphatic carbocycles. The summed E-state index contributed by atoms with van der Waals surface area (Å²) in [5.74, 6) is 0. The van der Waals surface area contributed by atoms with Gasteiger partial charge < -0.3 is 4.90 Å². The van der Waals surface area contributed by atoms with Crippen molar-refractivity contribution in [2.45, 2.75) is 76.3 Å². The van der Waals surface area contributed by atoms with Crippen LogP contribution < -0.4 is 4.90 Å². The lowest BCUT2D eigenvalue weighted by atomic mass is 9.88. The molecular weight excluding hydrogens is 232 g/mol. The molecule has 1 aromatic rings. The van der Waals surface area contributed by atoms with Gasteiger partial charge in [-0.05, 0) is 37.8 Å². The summed E-state index contributed by atoms with van der Waals surface area (Å²) in [6.45, 7) is 0. The van der Waals surface area contributed by atoms with Gasteiger partial charge in [-0.15, -0.1) is 0 Å². The highest BCUT2D eigenvalue weighted by atomic mass is 15.2.